The smallest absolute Gasteiger partial charge is 0.224 e. The second-order valence-corrected chi connectivity index (χ2v) is 5.10. The molecule has 1 aliphatic rings. The van der Waals surface area contributed by atoms with Crippen LogP contribution in [0.25, 0.3) is 0 Å². The van der Waals surface area contributed by atoms with E-state index < -0.39 is 15.3 Å². The zero-order chi connectivity index (χ0) is 10.1. The van der Waals surface area contributed by atoms with Crippen molar-refractivity contribution in [3.8, 4) is 0 Å². The van der Waals surface area contributed by atoms with Crippen LogP contribution in [0.5, 0.6) is 0 Å². The third kappa shape index (κ3) is 2.41. The summed E-state index contributed by atoms with van der Waals surface area (Å²) in [4.78, 5) is 12.8. The number of hydrogen-bond donors (Lipinski definition) is 1. The number of primary sulfonamides is 1. The van der Waals surface area contributed by atoms with Gasteiger partial charge in [0.25, 0.3) is 0 Å². The lowest BCUT2D eigenvalue weighted by Crippen LogP contribution is -2.32. The molecule has 1 atom stereocenters. The van der Waals surface area contributed by atoms with Crippen molar-refractivity contribution in [1.29, 1.82) is 0 Å². The molecule has 1 amide bonds. The number of likely N-dealkylation sites (tertiary alicyclic amines) is 1. The Bertz CT molecular complexity index is 299. The lowest BCUT2D eigenvalue weighted by Gasteiger charge is -2.14. The van der Waals surface area contributed by atoms with Gasteiger partial charge < -0.3 is 4.90 Å². The third-order valence-corrected chi connectivity index (χ3v) is 3.38. The predicted molar refractivity (Wildman–Crippen MR) is 48.4 cm³/mol. The lowest BCUT2D eigenvalue weighted by atomic mass is 10.4. The lowest BCUT2D eigenvalue weighted by molar-refractivity contribution is -0.127. The monoisotopic (exact) mass is 206 g/mol. The molecule has 0 saturated carbocycles. The second-order valence-electron chi connectivity index (χ2n) is 3.25. The summed E-state index contributed by atoms with van der Waals surface area (Å²) in [5, 5.41) is 4.25. The van der Waals surface area contributed by atoms with E-state index in [1.807, 2.05) is 6.92 Å². The third-order valence-electron chi connectivity index (χ3n) is 2.14. The normalized spacial score (nSPS) is 24.0. The van der Waals surface area contributed by atoms with Crippen molar-refractivity contribution in [1.82, 2.24) is 4.90 Å². The molecule has 1 fully saturated rings. The number of rotatable bonds is 3. The summed E-state index contributed by atoms with van der Waals surface area (Å²) in [6, 6.07) is 0. The van der Waals surface area contributed by atoms with Crippen LogP contribution in [-0.2, 0) is 14.8 Å². The van der Waals surface area contributed by atoms with Crippen LogP contribution >= 0.6 is 0 Å². The Kier molecular flexibility index (Phi) is 2.92. The summed E-state index contributed by atoms with van der Waals surface area (Å²) in [5.41, 5.74) is 0. The first-order valence-corrected chi connectivity index (χ1v) is 5.85. The number of carbonyl (C=O) groups excluding carboxylic acids is 1. The molecule has 0 radical (unpaired) electrons. The van der Waals surface area contributed by atoms with Gasteiger partial charge in [-0.2, -0.15) is 0 Å². The molecule has 5 nitrogen and oxygen atoms in total. The van der Waals surface area contributed by atoms with E-state index in [2.05, 4.69) is 0 Å². The second kappa shape index (κ2) is 3.63. The van der Waals surface area contributed by atoms with E-state index in [1.165, 1.54) is 0 Å². The fraction of sp³-hybridized carbons (Fsp3) is 0.857. The van der Waals surface area contributed by atoms with E-state index in [0.29, 0.717) is 6.54 Å². The minimum Gasteiger partial charge on any atom is -0.341 e. The first-order valence-electron chi connectivity index (χ1n) is 4.24. The first-order chi connectivity index (χ1) is 5.95. The number of sulfonamides is 1. The van der Waals surface area contributed by atoms with Gasteiger partial charge in [0.1, 0.15) is 5.25 Å². The summed E-state index contributed by atoms with van der Waals surface area (Å²) < 4.78 is 21.9. The number of amides is 1. The molecular formula is C7H14N2O3S. The van der Waals surface area contributed by atoms with Gasteiger partial charge in [-0.3, -0.25) is 4.79 Å². The Labute approximate surface area is 77.9 Å². The van der Waals surface area contributed by atoms with Gasteiger partial charge in [-0.1, -0.05) is 6.92 Å². The van der Waals surface area contributed by atoms with E-state index in [9.17, 15) is 13.2 Å². The Morgan fingerprint density at radius 2 is 2.23 bits per heavy atom. The SMILES string of the molecule is CCCN1CC(S(N)(=O)=O)CC1=O. The number of carbonyl (C=O) groups is 1. The van der Waals surface area contributed by atoms with Crippen LogP contribution in [0.1, 0.15) is 19.8 Å². The summed E-state index contributed by atoms with van der Waals surface area (Å²) >= 11 is 0. The molecule has 1 aliphatic heterocycles. The van der Waals surface area contributed by atoms with Crippen molar-refractivity contribution >= 4 is 15.9 Å². The highest BCUT2D eigenvalue weighted by Crippen LogP contribution is 2.16. The van der Waals surface area contributed by atoms with Crippen molar-refractivity contribution in [3.63, 3.8) is 0 Å². The topological polar surface area (TPSA) is 80.5 Å². The minimum atomic E-state index is -3.55. The molecule has 0 aromatic rings. The van der Waals surface area contributed by atoms with Gasteiger partial charge in [0.15, 0.2) is 0 Å². The largest absolute Gasteiger partial charge is 0.341 e. The van der Waals surface area contributed by atoms with Crippen molar-refractivity contribution in [2.24, 2.45) is 5.14 Å². The first kappa shape index (κ1) is 10.5. The number of nitrogens with two attached hydrogens (primary N) is 1. The molecule has 0 aliphatic carbocycles. The van der Waals surface area contributed by atoms with E-state index in [0.717, 1.165) is 6.42 Å². The molecule has 1 saturated heterocycles. The minimum absolute atomic E-state index is 0.0405. The van der Waals surface area contributed by atoms with Crippen LogP contribution in [0.2, 0.25) is 0 Å². The summed E-state index contributed by atoms with van der Waals surface area (Å²) in [7, 11) is -3.55. The molecule has 0 bridgehead atoms. The molecule has 0 aromatic heterocycles. The highest BCUT2D eigenvalue weighted by Gasteiger charge is 2.35. The zero-order valence-corrected chi connectivity index (χ0v) is 8.38. The van der Waals surface area contributed by atoms with Gasteiger partial charge in [0, 0.05) is 19.5 Å². The maximum Gasteiger partial charge on any atom is 0.224 e. The molecule has 0 aromatic carbocycles. The molecule has 76 valence electrons. The molecule has 1 unspecified atom stereocenters. The van der Waals surface area contributed by atoms with Crippen molar-refractivity contribution in [2.75, 3.05) is 13.1 Å². The fourth-order valence-electron chi connectivity index (χ4n) is 1.44. The van der Waals surface area contributed by atoms with Gasteiger partial charge >= 0.3 is 0 Å². The maximum absolute atomic E-state index is 11.2. The van der Waals surface area contributed by atoms with Gasteiger partial charge in [0.05, 0.1) is 0 Å². The molecule has 13 heavy (non-hydrogen) atoms. The molecule has 1 heterocycles. The average Bonchev–Trinajstić information content (AvgIpc) is 2.32. The van der Waals surface area contributed by atoms with E-state index >= 15 is 0 Å². The predicted octanol–water partition coefficient (Wildman–Crippen LogP) is -0.714. The van der Waals surface area contributed by atoms with Crippen LogP contribution < -0.4 is 5.14 Å². The van der Waals surface area contributed by atoms with Crippen molar-refractivity contribution < 1.29 is 13.2 Å². The summed E-state index contributed by atoms with van der Waals surface area (Å²) in [6.45, 7) is 2.81. The number of nitrogens with zero attached hydrogens (tertiary/aromatic N) is 1. The van der Waals surface area contributed by atoms with E-state index in [4.69, 9.17) is 5.14 Å². The van der Waals surface area contributed by atoms with Gasteiger partial charge in [-0.25, -0.2) is 13.6 Å². The van der Waals surface area contributed by atoms with Crippen molar-refractivity contribution in [3.05, 3.63) is 0 Å². The molecule has 6 heteroatoms. The fourth-order valence-corrected chi connectivity index (χ4v) is 2.20. The molecule has 0 spiro atoms. The average molecular weight is 206 g/mol. The van der Waals surface area contributed by atoms with Gasteiger partial charge in [-0.05, 0) is 6.42 Å². The molecular weight excluding hydrogens is 192 g/mol. The Morgan fingerprint density at radius 1 is 1.62 bits per heavy atom. The highest BCUT2D eigenvalue weighted by molar-refractivity contribution is 7.89. The maximum atomic E-state index is 11.2. The Hall–Kier alpha value is -0.620. The molecule has 1 rings (SSSR count). The standard InChI is InChI=1S/C7H14N2O3S/c1-2-3-9-5-6(4-7(9)10)13(8,11)12/h6H,2-5H2,1H3,(H2,8,11,12). The van der Waals surface area contributed by atoms with Crippen LogP contribution in [0.4, 0.5) is 0 Å². The van der Waals surface area contributed by atoms with Crippen LogP contribution in [0, 0.1) is 0 Å². The molecule has 2 N–H and O–H groups in total. The summed E-state index contributed by atoms with van der Waals surface area (Å²) in [6.07, 6.45) is 0.877. The van der Waals surface area contributed by atoms with Gasteiger partial charge in [0.2, 0.25) is 15.9 Å². The quantitative estimate of drug-likeness (QED) is 0.662. The Balaban J connectivity index is 2.66. The highest BCUT2D eigenvalue weighted by atomic mass is 32.2. The summed E-state index contributed by atoms with van der Waals surface area (Å²) in [5.74, 6) is -0.110. The van der Waals surface area contributed by atoms with E-state index in [1.54, 1.807) is 4.90 Å². The van der Waals surface area contributed by atoms with Crippen molar-refractivity contribution in [2.45, 2.75) is 25.0 Å². The zero-order valence-electron chi connectivity index (χ0n) is 7.56. The number of hydrogen-bond acceptors (Lipinski definition) is 3. The van der Waals surface area contributed by atoms with Crippen LogP contribution in [-0.4, -0.2) is 37.6 Å². The van der Waals surface area contributed by atoms with Crippen LogP contribution in [0.15, 0.2) is 0 Å². The van der Waals surface area contributed by atoms with Gasteiger partial charge in [-0.15, -0.1) is 0 Å². The Morgan fingerprint density at radius 3 is 2.62 bits per heavy atom. The van der Waals surface area contributed by atoms with E-state index in [-0.39, 0.29) is 18.9 Å². The van der Waals surface area contributed by atoms with Crippen LogP contribution in [0.3, 0.4) is 0 Å².